The Bertz CT molecular complexity index is 1100. The van der Waals surface area contributed by atoms with Gasteiger partial charge >= 0.3 is 0 Å². The van der Waals surface area contributed by atoms with Crippen LogP contribution < -0.4 is 5.32 Å². The summed E-state index contributed by atoms with van der Waals surface area (Å²) < 4.78 is 20.4. The number of hydrogen-bond donors (Lipinski definition) is 1. The molecule has 0 radical (unpaired) electrons. The minimum absolute atomic E-state index is 0.150. The van der Waals surface area contributed by atoms with Gasteiger partial charge in [-0.05, 0) is 50.5 Å². The smallest absolute Gasteiger partial charge is 0.274 e. The van der Waals surface area contributed by atoms with E-state index in [0.29, 0.717) is 23.1 Å². The summed E-state index contributed by atoms with van der Waals surface area (Å²) in [5.41, 5.74) is 1.96. The third kappa shape index (κ3) is 4.50. The molecule has 0 saturated carbocycles. The summed E-state index contributed by atoms with van der Waals surface area (Å²) in [4.78, 5) is 31.5. The molecule has 9 heteroatoms. The van der Waals surface area contributed by atoms with Crippen LogP contribution in [-0.4, -0.2) is 45.0 Å². The fourth-order valence-electron chi connectivity index (χ4n) is 3.79. The fraction of sp³-hybridized carbons (Fsp3) is 0.364. The van der Waals surface area contributed by atoms with E-state index in [4.69, 9.17) is 4.52 Å². The number of hydrogen-bond acceptors (Lipinski definition) is 5. The largest absolute Gasteiger partial charge is 0.360 e. The van der Waals surface area contributed by atoms with Crippen LogP contribution in [-0.2, 0) is 17.8 Å². The number of aromatic nitrogens is 3. The first-order valence-electron chi connectivity index (χ1n) is 10.3. The molecule has 4 rings (SSSR count). The van der Waals surface area contributed by atoms with Crippen molar-refractivity contribution in [3.8, 4) is 11.4 Å². The second-order valence-corrected chi connectivity index (χ2v) is 7.73. The molecule has 0 aliphatic carbocycles. The molecule has 31 heavy (non-hydrogen) atoms. The Morgan fingerprint density at radius 3 is 2.71 bits per heavy atom. The van der Waals surface area contributed by atoms with Crippen molar-refractivity contribution in [2.75, 3.05) is 18.9 Å². The van der Waals surface area contributed by atoms with E-state index in [-0.39, 0.29) is 24.2 Å². The second kappa shape index (κ2) is 8.71. The Hall–Kier alpha value is -3.49. The van der Waals surface area contributed by atoms with Gasteiger partial charge in [0.25, 0.3) is 5.91 Å². The molecule has 3 aromatic rings. The van der Waals surface area contributed by atoms with Crippen LogP contribution in [0.4, 0.5) is 10.2 Å². The first-order valence-corrected chi connectivity index (χ1v) is 10.3. The monoisotopic (exact) mass is 425 g/mol. The minimum atomic E-state index is -0.381. The SMILES string of the molecule is Cc1cc(NC(=O)CN(C)C(=O)c2nc(-c3ccc(F)cc3)n3c2CCCCC3)no1. The van der Waals surface area contributed by atoms with Gasteiger partial charge in [-0.2, -0.15) is 0 Å². The van der Waals surface area contributed by atoms with Crippen molar-refractivity contribution in [3.63, 3.8) is 0 Å². The van der Waals surface area contributed by atoms with Crippen molar-refractivity contribution >= 4 is 17.6 Å². The molecule has 1 aromatic carbocycles. The molecule has 0 fully saturated rings. The van der Waals surface area contributed by atoms with Crippen molar-refractivity contribution in [2.24, 2.45) is 0 Å². The normalized spacial score (nSPS) is 13.4. The van der Waals surface area contributed by atoms with E-state index in [1.54, 1.807) is 32.2 Å². The predicted octanol–water partition coefficient (Wildman–Crippen LogP) is 3.42. The Morgan fingerprint density at radius 2 is 2.00 bits per heavy atom. The van der Waals surface area contributed by atoms with Gasteiger partial charge in [0.2, 0.25) is 5.91 Å². The standard InChI is InChI=1S/C22H24FN5O3/c1-14-12-18(26-31-14)24-19(29)13-27(2)22(30)20-17-6-4-3-5-11-28(17)21(25-20)15-7-9-16(23)10-8-15/h7-10,12H,3-6,11,13H2,1-2H3,(H,24,26,29). The highest BCUT2D eigenvalue weighted by atomic mass is 19.1. The van der Waals surface area contributed by atoms with E-state index in [9.17, 15) is 14.0 Å². The van der Waals surface area contributed by atoms with Crippen molar-refractivity contribution in [1.29, 1.82) is 0 Å². The number of halogens is 1. The van der Waals surface area contributed by atoms with Gasteiger partial charge < -0.3 is 19.3 Å². The number of nitrogens with zero attached hydrogens (tertiary/aromatic N) is 4. The maximum Gasteiger partial charge on any atom is 0.274 e. The summed E-state index contributed by atoms with van der Waals surface area (Å²) in [7, 11) is 1.57. The van der Waals surface area contributed by atoms with Gasteiger partial charge in [-0.25, -0.2) is 9.37 Å². The summed E-state index contributed by atoms with van der Waals surface area (Å²) in [5.74, 6) is 0.497. The maximum atomic E-state index is 13.4. The molecule has 2 aromatic heterocycles. The maximum absolute atomic E-state index is 13.4. The second-order valence-electron chi connectivity index (χ2n) is 7.73. The van der Waals surface area contributed by atoms with Gasteiger partial charge in [-0.3, -0.25) is 9.59 Å². The van der Waals surface area contributed by atoms with Crippen LogP contribution in [0.15, 0.2) is 34.9 Å². The van der Waals surface area contributed by atoms with Gasteiger partial charge in [0.15, 0.2) is 5.82 Å². The molecule has 1 N–H and O–H groups in total. The molecular weight excluding hydrogens is 401 g/mol. The molecule has 0 bridgehead atoms. The molecule has 0 spiro atoms. The number of anilines is 1. The lowest BCUT2D eigenvalue weighted by Gasteiger charge is -2.16. The van der Waals surface area contributed by atoms with Crippen LogP contribution in [0.1, 0.15) is 41.2 Å². The topological polar surface area (TPSA) is 93.3 Å². The summed E-state index contributed by atoms with van der Waals surface area (Å²) in [6.07, 6.45) is 3.74. The summed E-state index contributed by atoms with van der Waals surface area (Å²) in [6, 6.07) is 7.71. The summed E-state index contributed by atoms with van der Waals surface area (Å²) in [5, 5.41) is 6.33. The van der Waals surface area contributed by atoms with Crippen molar-refractivity contribution < 1.29 is 18.5 Å². The number of carbonyl (C=O) groups is 2. The zero-order chi connectivity index (χ0) is 22.0. The van der Waals surface area contributed by atoms with E-state index in [1.807, 2.05) is 0 Å². The highest BCUT2D eigenvalue weighted by Crippen LogP contribution is 2.28. The number of carbonyl (C=O) groups excluding carboxylic acids is 2. The fourth-order valence-corrected chi connectivity index (χ4v) is 3.79. The Kier molecular flexibility index (Phi) is 5.83. The molecule has 162 valence electrons. The molecule has 0 unspecified atom stereocenters. The highest BCUT2D eigenvalue weighted by molar-refractivity contribution is 5.99. The highest BCUT2D eigenvalue weighted by Gasteiger charge is 2.27. The quantitative estimate of drug-likeness (QED) is 0.676. The summed E-state index contributed by atoms with van der Waals surface area (Å²) >= 11 is 0. The molecule has 0 atom stereocenters. The van der Waals surface area contributed by atoms with E-state index in [0.717, 1.165) is 43.5 Å². The van der Waals surface area contributed by atoms with E-state index in [1.165, 1.54) is 17.0 Å². The number of nitrogens with one attached hydrogen (secondary N) is 1. The number of rotatable bonds is 5. The average Bonchev–Trinajstić information content (AvgIpc) is 3.22. The Labute approximate surface area is 179 Å². The first kappa shape index (κ1) is 20.8. The zero-order valence-corrected chi connectivity index (χ0v) is 17.5. The average molecular weight is 425 g/mol. The minimum Gasteiger partial charge on any atom is -0.360 e. The van der Waals surface area contributed by atoms with Crippen LogP contribution in [0.25, 0.3) is 11.4 Å². The van der Waals surface area contributed by atoms with Gasteiger partial charge in [0.1, 0.15) is 23.1 Å². The lowest BCUT2D eigenvalue weighted by Crippen LogP contribution is -2.35. The van der Waals surface area contributed by atoms with Gasteiger partial charge in [-0.1, -0.05) is 11.6 Å². The third-order valence-electron chi connectivity index (χ3n) is 5.30. The van der Waals surface area contributed by atoms with Crippen LogP contribution in [0.5, 0.6) is 0 Å². The molecular formula is C22H24FN5O3. The number of likely N-dealkylation sites (N-methyl/N-ethyl adjacent to an activating group) is 1. The van der Waals surface area contributed by atoms with E-state index < -0.39 is 0 Å². The van der Waals surface area contributed by atoms with Crippen LogP contribution in [0, 0.1) is 12.7 Å². The number of imidazole rings is 1. The molecule has 0 saturated heterocycles. The molecule has 2 amide bonds. The van der Waals surface area contributed by atoms with E-state index in [2.05, 4.69) is 20.0 Å². The molecule has 8 nitrogen and oxygen atoms in total. The van der Waals surface area contributed by atoms with Gasteiger partial charge in [0, 0.05) is 25.2 Å². The Balaban J connectivity index is 1.58. The van der Waals surface area contributed by atoms with Gasteiger partial charge in [0.05, 0.1) is 12.2 Å². The first-order chi connectivity index (χ1) is 14.9. The lowest BCUT2D eigenvalue weighted by molar-refractivity contribution is -0.116. The van der Waals surface area contributed by atoms with Crippen molar-refractivity contribution in [1.82, 2.24) is 19.6 Å². The van der Waals surface area contributed by atoms with E-state index >= 15 is 0 Å². The summed E-state index contributed by atoms with van der Waals surface area (Å²) in [6.45, 7) is 2.32. The third-order valence-corrected chi connectivity index (χ3v) is 5.30. The number of benzene rings is 1. The molecule has 1 aliphatic rings. The number of fused-ring (bicyclic) bond motifs is 1. The Morgan fingerprint density at radius 1 is 1.23 bits per heavy atom. The predicted molar refractivity (Wildman–Crippen MR) is 112 cm³/mol. The van der Waals surface area contributed by atoms with Crippen LogP contribution >= 0.6 is 0 Å². The lowest BCUT2D eigenvalue weighted by atomic mass is 10.1. The van der Waals surface area contributed by atoms with Crippen LogP contribution in [0.2, 0.25) is 0 Å². The number of aryl methyl sites for hydroxylation is 1. The van der Waals surface area contributed by atoms with Gasteiger partial charge in [-0.15, -0.1) is 0 Å². The van der Waals surface area contributed by atoms with Crippen molar-refractivity contribution in [2.45, 2.75) is 39.2 Å². The number of amides is 2. The zero-order valence-electron chi connectivity index (χ0n) is 17.5. The van der Waals surface area contributed by atoms with Crippen LogP contribution in [0.3, 0.4) is 0 Å². The van der Waals surface area contributed by atoms with Crippen molar-refractivity contribution in [3.05, 3.63) is 53.3 Å². The molecule has 3 heterocycles. The molecule has 1 aliphatic heterocycles.